The van der Waals surface area contributed by atoms with Crippen molar-refractivity contribution in [3.63, 3.8) is 0 Å². The van der Waals surface area contributed by atoms with Gasteiger partial charge in [-0.3, -0.25) is 0 Å². The molecular formula is C18H20N4O4S. The molecule has 0 amide bonds. The molecule has 0 saturated heterocycles. The number of benzene rings is 2. The zero-order chi connectivity index (χ0) is 19.6. The molecule has 9 heteroatoms. The van der Waals surface area contributed by atoms with E-state index in [0.717, 1.165) is 11.1 Å². The van der Waals surface area contributed by atoms with Crippen molar-refractivity contribution in [1.82, 2.24) is 10.2 Å². The van der Waals surface area contributed by atoms with Crippen LogP contribution in [0.1, 0.15) is 17.0 Å². The highest BCUT2D eigenvalue weighted by Gasteiger charge is 2.20. The number of hydrogen-bond acceptors (Lipinski definition) is 7. The van der Waals surface area contributed by atoms with E-state index in [1.807, 2.05) is 31.2 Å². The third-order valence-corrected chi connectivity index (χ3v) is 4.88. The van der Waals surface area contributed by atoms with E-state index in [2.05, 4.69) is 15.5 Å². The fourth-order valence-corrected chi connectivity index (χ4v) is 3.37. The Morgan fingerprint density at radius 2 is 1.85 bits per heavy atom. The van der Waals surface area contributed by atoms with Gasteiger partial charge in [0.1, 0.15) is 6.23 Å². The van der Waals surface area contributed by atoms with Crippen molar-refractivity contribution < 1.29 is 17.9 Å². The molecule has 0 aliphatic carbocycles. The lowest BCUT2D eigenvalue weighted by Crippen LogP contribution is -2.22. The first-order valence-corrected chi connectivity index (χ1v) is 9.74. The predicted molar refractivity (Wildman–Crippen MR) is 100 cm³/mol. The molecule has 0 spiro atoms. The van der Waals surface area contributed by atoms with E-state index >= 15 is 0 Å². The lowest BCUT2D eigenvalue weighted by molar-refractivity contribution is 0.204. The minimum atomic E-state index is -4.04. The van der Waals surface area contributed by atoms with Gasteiger partial charge in [0, 0.05) is 19.0 Å². The molecule has 0 fully saturated rings. The number of anilines is 1. The average Bonchev–Trinajstić information content (AvgIpc) is 3.02. The van der Waals surface area contributed by atoms with E-state index in [9.17, 15) is 13.5 Å². The first-order chi connectivity index (χ1) is 12.7. The van der Waals surface area contributed by atoms with E-state index in [4.69, 9.17) is 9.56 Å². The number of nitrogens with two attached hydrogens (primary N) is 1. The Hall–Kier alpha value is -2.75. The molecule has 4 N–H and O–H groups in total. The van der Waals surface area contributed by atoms with Crippen molar-refractivity contribution in [3.8, 4) is 11.5 Å². The van der Waals surface area contributed by atoms with Crippen LogP contribution >= 0.6 is 0 Å². The summed E-state index contributed by atoms with van der Waals surface area (Å²) in [6.45, 7) is 3.59. The summed E-state index contributed by atoms with van der Waals surface area (Å²) in [7, 11) is -4.04. The predicted octanol–water partition coefficient (Wildman–Crippen LogP) is 1.97. The number of aryl methyl sites for hydroxylation is 2. The standard InChI is InChI=1S/C18H20N4O4S/c1-11-3-5-13(6-4-11)9-17(23)20-14-7-8-15(16(10-14)27(19,24)25)18-22-21-12(2)26-18/h3-8,10,17,20,23H,9H2,1-2H3,(H2,19,24,25). The first-order valence-electron chi connectivity index (χ1n) is 8.20. The second-order valence-corrected chi connectivity index (χ2v) is 7.76. The molecule has 8 nitrogen and oxygen atoms in total. The Bertz CT molecular complexity index is 1050. The van der Waals surface area contributed by atoms with E-state index in [1.165, 1.54) is 12.1 Å². The third-order valence-electron chi connectivity index (χ3n) is 3.93. The summed E-state index contributed by atoms with van der Waals surface area (Å²) in [5.41, 5.74) is 2.69. The molecule has 0 bridgehead atoms. The normalized spacial score (nSPS) is 12.7. The van der Waals surface area contributed by atoms with E-state index in [1.54, 1.807) is 13.0 Å². The number of aliphatic hydroxyl groups is 1. The van der Waals surface area contributed by atoms with Gasteiger partial charge in [0.05, 0.1) is 10.5 Å². The van der Waals surface area contributed by atoms with Gasteiger partial charge in [-0.05, 0) is 30.7 Å². The van der Waals surface area contributed by atoms with Crippen LogP contribution in [-0.2, 0) is 16.4 Å². The quantitative estimate of drug-likeness (QED) is 0.550. The minimum Gasteiger partial charge on any atom is -0.421 e. The molecule has 2 aromatic carbocycles. The molecular weight excluding hydrogens is 368 g/mol. The van der Waals surface area contributed by atoms with Crippen molar-refractivity contribution in [1.29, 1.82) is 0 Å². The molecule has 0 saturated carbocycles. The van der Waals surface area contributed by atoms with Crippen LogP contribution in [0.15, 0.2) is 51.8 Å². The number of nitrogens with one attached hydrogen (secondary N) is 1. The van der Waals surface area contributed by atoms with Crippen LogP contribution in [0, 0.1) is 13.8 Å². The van der Waals surface area contributed by atoms with Crippen molar-refractivity contribution in [2.45, 2.75) is 31.4 Å². The van der Waals surface area contributed by atoms with Gasteiger partial charge in [-0.15, -0.1) is 10.2 Å². The molecule has 0 aliphatic rings. The Balaban J connectivity index is 1.85. The highest BCUT2D eigenvalue weighted by molar-refractivity contribution is 7.89. The molecule has 1 aromatic heterocycles. The monoisotopic (exact) mass is 388 g/mol. The molecule has 3 aromatic rings. The molecule has 142 valence electrons. The summed E-state index contributed by atoms with van der Waals surface area (Å²) in [5.74, 6) is 0.365. The maximum Gasteiger partial charge on any atom is 0.249 e. The van der Waals surface area contributed by atoms with Crippen molar-refractivity contribution in [3.05, 3.63) is 59.5 Å². The van der Waals surface area contributed by atoms with Crippen LogP contribution in [0.3, 0.4) is 0 Å². The van der Waals surface area contributed by atoms with Gasteiger partial charge < -0.3 is 14.8 Å². The molecule has 1 unspecified atom stereocenters. The molecule has 1 heterocycles. The Morgan fingerprint density at radius 1 is 1.15 bits per heavy atom. The van der Waals surface area contributed by atoms with E-state index in [-0.39, 0.29) is 16.3 Å². The maximum absolute atomic E-state index is 12.0. The maximum atomic E-state index is 12.0. The zero-order valence-corrected chi connectivity index (χ0v) is 15.7. The van der Waals surface area contributed by atoms with E-state index in [0.29, 0.717) is 18.0 Å². The van der Waals surface area contributed by atoms with Crippen LogP contribution < -0.4 is 10.5 Å². The van der Waals surface area contributed by atoms with Crippen molar-refractivity contribution in [2.24, 2.45) is 5.14 Å². The molecule has 27 heavy (non-hydrogen) atoms. The fourth-order valence-electron chi connectivity index (χ4n) is 2.62. The summed E-state index contributed by atoms with van der Waals surface area (Å²) in [6.07, 6.45) is -0.548. The largest absolute Gasteiger partial charge is 0.421 e. The van der Waals surface area contributed by atoms with Crippen LogP contribution in [-0.4, -0.2) is 29.9 Å². The number of hydrogen-bond donors (Lipinski definition) is 3. The summed E-state index contributed by atoms with van der Waals surface area (Å²) >= 11 is 0. The topological polar surface area (TPSA) is 131 Å². The number of sulfonamides is 1. The zero-order valence-electron chi connectivity index (χ0n) is 14.9. The highest BCUT2D eigenvalue weighted by atomic mass is 32.2. The average molecular weight is 388 g/mol. The highest BCUT2D eigenvalue weighted by Crippen LogP contribution is 2.28. The number of aliphatic hydroxyl groups excluding tert-OH is 1. The van der Waals surface area contributed by atoms with Gasteiger partial charge in [-0.25, -0.2) is 13.6 Å². The Kier molecular flexibility index (Phi) is 5.26. The third kappa shape index (κ3) is 4.70. The van der Waals surface area contributed by atoms with Crippen molar-refractivity contribution >= 4 is 15.7 Å². The van der Waals surface area contributed by atoms with Crippen LogP contribution in [0.2, 0.25) is 0 Å². The van der Waals surface area contributed by atoms with Crippen LogP contribution in [0.25, 0.3) is 11.5 Å². The summed E-state index contributed by atoms with van der Waals surface area (Å²) in [6, 6.07) is 12.2. The Morgan fingerprint density at radius 3 is 2.44 bits per heavy atom. The lowest BCUT2D eigenvalue weighted by Gasteiger charge is -2.16. The number of rotatable bonds is 6. The molecule has 1 atom stereocenters. The molecule has 3 rings (SSSR count). The number of primary sulfonamides is 1. The van der Waals surface area contributed by atoms with Crippen LogP contribution in [0.4, 0.5) is 5.69 Å². The van der Waals surface area contributed by atoms with Gasteiger partial charge in [0.15, 0.2) is 0 Å². The molecule has 0 aliphatic heterocycles. The fraction of sp³-hybridized carbons (Fsp3) is 0.222. The lowest BCUT2D eigenvalue weighted by atomic mass is 10.1. The minimum absolute atomic E-state index is 0.0586. The van der Waals surface area contributed by atoms with Gasteiger partial charge >= 0.3 is 0 Å². The van der Waals surface area contributed by atoms with Gasteiger partial charge in [-0.2, -0.15) is 0 Å². The Labute approximate surface area is 157 Å². The molecule has 0 radical (unpaired) electrons. The summed E-state index contributed by atoms with van der Waals surface area (Å²) in [5, 5.41) is 26.0. The summed E-state index contributed by atoms with van der Waals surface area (Å²) in [4.78, 5) is -0.168. The second kappa shape index (κ2) is 7.47. The van der Waals surface area contributed by atoms with Gasteiger partial charge in [-0.1, -0.05) is 29.8 Å². The number of nitrogens with zero attached hydrogens (tertiary/aromatic N) is 2. The smallest absolute Gasteiger partial charge is 0.249 e. The van der Waals surface area contributed by atoms with Crippen LogP contribution in [0.5, 0.6) is 0 Å². The van der Waals surface area contributed by atoms with Gasteiger partial charge in [0.2, 0.25) is 21.8 Å². The number of aromatic nitrogens is 2. The second-order valence-electron chi connectivity index (χ2n) is 6.23. The SMILES string of the molecule is Cc1ccc(CC(O)Nc2ccc(-c3nnc(C)o3)c(S(N)(=O)=O)c2)cc1. The van der Waals surface area contributed by atoms with E-state index < -0.39 is 16.3 Å². The summed E-state index contributed by atoms with van der Waals surface area (Å²) < 4.78 is 29.3. The van der Waals surface area contributed by atoms with Gasteiger partial charge in [0.25, 0.3) is 0 Å². The first kappa shape index (κ1) is 19.0. The van der Waals surface area contributed by atoms with Crippen molar-refractivity contribution in [2.75, 3.05) is 5.32 Å².